The van der Waals surface area contributed by atoms with Crippen molar-refractivity contribution >= 4 is 40.6 Å². The maximum absolute atomic E-state index is 12.1. The Morgan fingerprint density at radius 2 is 1.81 bits per heavy atom. The lowest BCUT2D eigenvalue weighted by molar-refractivity contribution is -0.122. The molecule has 0 fully saturated rings. The molecule has 1 atom stereocenters. The Hall–Kier alpha value is -2.38. The number of carbonyl (C=O) groups excluding carboxylic acids is 1. The second-order valence-corrected chi connectivity index (χ2v) is 7.02. The fourth-order valence-corrected chi connectivity index (χ4v) is 3.10. The Bertz CT molecular complexity index is 935. The molecule has 0 aliphatic carbocycles. The number of carbonyl (C=O) groups is 1. The summed E-state index contributed by atoms with van der Waals surface area (Å²) < 4.78 is 1.59. The first kappa shape index (κ1) is 18.4. The molecule has 2 aromatic heterocycles. The summed E-state index contributed by atoms with van der Waals surface area (Å²) in [5, 5.41) is 19.6. The van der Waals surface area contributed by atoms with E-state index in [0.29, 0.717) is 32.9 Å². The van der Waals surface area contributed by atoms with E-state index >= 15 is 0 Å². The molecule has 3 rings (SSSR count). The number of hydrogen-bond acceptors (Lipinski definition) is 5. The molecule has 9 heteroatoms. The average Bonchev–Trinajstić information content (AvgIpc) is 3.01. The third-order valence-electron chi connectivity index (χ3n) is 3.88. The van der Waals surface area contributed by atoms with E-state index < -0.39 is 6.04 Å². The second kappa shape index (κ2) is 7.47. The van der Waals surface area contributed by atoms with Crippen LogP contribution < -0.4 is 10.6 Å². The van der Waals surface area contributed by atoms with Gasteiger partial charge in [0, 0.05) is 22.7 Å². The quantitative estimate of drug-likeness (QED) is 0.695. The van der Waals surface area contributed by atoms with Crippen LogP contribution >= 0.6 is 23.2 Å². The molecule has 1 aromatic carbocycles. The maximum Gasteiger partial charge on any atom is 0.242 e. The number of fused-ring (bicyclic) bond motifs is 1. The molecule has 3 aromatic rings. The van der Waals surface area contributed by atoms with Gasteiger partial charge >= 0.3 is 0 Å². The Labute approximate surface area is 160 Å². The number of aromatic nitrogens is 4. The van der Waals surface area contributed by atoms with E-state index in [4.69, 9.17) is 23.2 Å². The van der Waals surface area contributed by atoms with Gasteiger partial charge in [-0.15, -0.1) is 15.3 Å². The van der Waals surface area contributed by atoms with Gasteiger partial charge in [-0.25, -0.2) is 0 Å². The van der Waals surface area contributed by atoms with E-state index in [1.807, 2.05) is 13.8 Å². The van der Waals surface area contributed by atoms with Crippen LogP contribution in [0.5, 0.6) is 0 Å². The van der Waals surface area contributed by atoms with Crippen molar-refractivity contribution in [1.29, 1.82) is 0 Å². The van der Waals surface area contributed by atoms with Crippen molar-refractivity contribution in [2.24, 2.45) is 5.92 Å². The number of amides is 1. The zero-order chi connectivity index (χ0) is 18.8. The van der Waals surface area contributed by atoms with E-state index in [9.17, 15) is 4.79 Å². The molecular formula is C17H18Cl2N6O. The number of benzene rings is 1. The molecule has 136 valence electrons. The number of halogens is 2. The minimum Gasteiger partial charge on any atom is -0.357 e. The standard InChI is InChI=1S/C17H18Cl2N6O/c1-9(2)15(17(26)20-3)21-13-4-5-14-22-23-16(25(14)24-13)10-6-11(18)8-12(19)7-10/h4-9,15H,1-3H3,(H,20,26)(H,21,24). The molecule has 0 aliphatic heterocycles. The van der Waals surface area contributed by atoms with Crippen molar-refractivity contribution in [2.45, 2.75) is 19.9 Å². The third kappa shape index (κ3) is 3.73. The van der Waals surface area contributed by atoms with Crippen LogP contribution in [0.4, 0.5) is 5.82 Å². The summed E-state index contributed by atoms with van der Waals surface area (Å²) in [6.07, 6.45) is 0. The monoisotopic (exact) mass is 392 g/mol. The van der Waals surface area contributed by atoms with Crippen LogP contribution in [-0.4, -0.2) is 38.8 Å². The Balaban J connectivity index is 2.01. The minimum atomic E-state index is -0.412. The lowest BCUT2D eigenvalue weighted by Crippen LogP contribution is -2.41. The first-order valence-corrected chi connectivity index (χ1v) is 8.81. The van der Waals surface area contributed by atoms with Gasteiger partial charge in [0.15, 0.2) is 11.5 Å². The highest BCUT2D eigenvalue weighted by atomic mass is 35.5. The fraction of sp³-hybridized carbons (Fsp3) is 0.294. The summed E-state index contributed by atoms with van der Waals surface area (Å²) in [4.78, 5) is 12.1. The number of rotatable bonds is 5. The number of likely N-dealkylation sites (N-methyl/N-ethyl adjacent to an activating group) is 1. The zero-order valence-corrected chi connectivity index (χ0v) is 16.0. The Morgan fingerprint density at radius 1 is 1.12 bits per heavy atom. The summed E-state index contributed by atoms with van der Waals surface area (Å²) in [6, 6.07) is 8.26. The number of anilines is 1. The van der Waals surface area contributed by atoms with Gasteiger partial charge in [0.25, 0.3) is 0 Å². The number of nitrogens with one attached hydrogen (secondary N) is 2. The predicted molar refractivity (Wildman–Crippen MR) is 103 cm³/mol. The van der Waals surface area contributed by atoms with Crippen molar-refractivity contribution in [2.75, 3.05) is 12.4 Å². The SMILES string of the molecule is CNC(=O)C(Nc1ccc2nnc(-c3cc(Cl)cc(Cl)c3)n2n1)C(C)C. The van der Waals surface area contributed by atoms with Gasteiger partial charge in [-0.3, -0.25) is 4.79 Å². The topological polar surface area (TPSA) is 84.2 Å². The molecule has 2 heterocycles. The van der Waals surface area contributed by atoms with E-state index in [1.54, 1.807) is 41.9 Å². The number of hydrogen-bond donors (Lipinski definition) is 2. The smallest absolute Gasteiger partial charge is 0.242 e. The minimum absolute atomic E-state index is 0.0829. The normalized spacial score (nSPS) is 12.4. The highest BCUT2D eigenvalue weighted by Crippen LogP contribution is 2.26. The molecule has 0 radical (unpaired) electrons. The van der Waals surface area contributed by atoms with Crippen LogP contribution in [0.3, 0.4) is 0 Å². The Morgan fingerprint density at radius 3 is 2.42 bits per heavy atom. The molecule has 26 heavy (non-hydrogen) atoms. The van der Waals surface area contributed by atoms with Crippen molar-refractivity contribution in [3.63, 3.8) is 0 Å². The molecule has 0 saturated carbocycles. The molecule has 1 amide bonds. The highest BCUT2D eigenvalue weighted by Gasteiger charge is 2.22. The van der Waals surface area contributed by atoms with E-state index in [2.05, 4.69) is 25.9 Å². The molecule has 0 saturated heterocycles. The van der Waals surface area contributed by atoms with Crippen molar-refractivity contribution in [3.05, 3.63) is 40.4 Å². The lowest BCUT2D eigenvalue weighted by Gasteiger charge is -2.21. The first-order valence-electron chi connectivity index (χ1n) is 8.06. The molecular weight excluding hydrogens is 375 g/mol. The van der Waals surface area contributed by atoms with Gasteiger partial charge in [0.1, 0.15) is 11.9 Å². The second-order valence-electron chi connectivity index (χ2n) is 6.15. The van der Waals surface area contributed by atoms with Gasteiger partial charge in [-0.2, -0.15) is 4.52 Å². The van der Waals surface area contributed by atoms with Crippen molar-refractivity contribution < 1.29 is 4.79 Å². The maximum atomic E-state index is 12.1. The van der Waals surface area contributed by atoms with Crippen molar-refractivity contribution in [1.82, 2.24) is 25.1 Å². The van der Waals surface area contributed by atoms with Crippen LogP contribution in [0.1, 0.15) is 13.8 Å². The largest absolute Gasteiger partial charge is 0.357 e. The molecule has 0 spiro atoms. The molecule has 1 unspecified atom stereocenters. The van der Waals surface area contributed by atoms with Crippen LogP contribution in [-0.2, 0) is 4.79 Å². The fourth-order valence-electron chi connectivity index (χ4n) is 2.58. The molecule has 0 bridgehead atoms. The summed E-state index contributed by atoms with van der Waals surface area (Å²) in [6.45, 7) is 3.92. The zero-order valence-electron chi connectivity index (χ0n) is 14.5. The van der Waals surface area contributed by atoms with Gasteiger partial charge in [-0.05, 0) is 36.2 Å². The molecule has 2 N–H and O–H groups in total. The van der Waals surface area contributed by atoms with Gasteiger partial charge in [0.2, 0.25) is 5.91 Å². The summed E-state index contributed by atoms with van der Waals surface area (Å²) in [7, 11) is 1.61. The average molecular weight is 393 g/mol. The lowest BCUT2D eigenvalue weighted by atomic mass is 10.0. The molecule has 7 nitrogen and oxygen atoms in total. The molecule has 0 aliphatic rings. The third-order valence-corrected chi connectivity index (χ3v) is 4.32. The van der Waals surface area contributed by atoms with Crippen molar-refractivity contribution in [3.8, 4) is 11.4 Å². The van der Waals surface area contributed by atoms with Crippen LogP contribution in [0.15, 0.2) is 30.3 Å². The summed E-state index contributed by atoms with van der Waals surface area (Å²) in [5.74, 6) is 1.02. The van der Waals surface area contributed by atoms with Gasteiger partial charge in [-0.1, -0.05) is 37.0 Å². The first-order chi connectivity index (χ1) is 12.4. The Kier molecular flexibility index (Phi) is 5.29. The van der Waals surface area contributed by atoms with Crippen LogP contribution in [0.25, 0.3) is 17.0 Å². The van der Waals surface area contributed by atoms with Gasteiger partial charge < -0.3 is 10.6 Å². The predicted octanol–water partition coefficient (Wildman–Crippen LogP) is 3.28. The van der Waals surface area contributed by atoms with E-state index in [1.165, 1.54) is 0 Å². The highest BCUT2D eigenvalue weighted by molar-refractivity contribution is 6.35. The van der Waals surface area contributed by atoms with E-state index in [-0.39, 0.29) is 11.8 Å². The van der Waals surface area contributed by atoms with E-state index in [0.717, 1.165) is 0 Å². The van der Waals surface area contributed by atoms with Gasteiger partial charge in [0.05, 0.1) is 0 Å². The van der Waals surface area contributed by atoms with Crippen LogP contribution in [0, 0.1) is 5.92 Å². The van der Waals surface area contributed by atoms with Crippen LogP contribution in [0.2, 0.25) is 10.0 Å². The number of nitrogens with zero attached hydrogens (tertiary/aromatic N) is 4. The summed E-state index contributed by atoms with van der Waals surface area (Å²) in [5.41, 5.74) is 1.27. The summed E-state index contributed by atoms with van der Waals surface area (Å²) >= 11 is 12.2.